The Bertz CT molecular complexity index is 1240. The Morgan fingerprint density at radius 3 is 2.35 bits per heavy atom. The van der Waals surface area contributed by atoms with Crippen LogP contribution in [0.1, 0.15) is 13.2 Å². The van der Waals surface area contributed by atoms with Crippen LogP contribution in [-0.4, -0.2) is 63.8 Å². The Morgan fingerprint density at radius 1 is 1.26 bits per heavy atom. The normalized spacial score (nSPS) is 29.7. The molecular formula is C13H18FN2O15P3. The van der Waals surface area contributed by atoms with E-state index in [1.54, 1.807) is 4.98 Å². The van der Waals surface area contributed by atoms with Crippen LogP contribution in [-0.2, 0) is 31.6 Å². The molecule has 4 unspecified atom stereocenters. The molecule has 0 radical (unpaired) electrons. The second-order valence-corrected chi connectivity index (χ2v) is 11.1. The number of hydrogen-bond acceptors (Lipinski definition) is 11. The summed E-state index contributed by atoms with van der Waals surface area (Å²) in [5.41, 5.74) is -5.29. The molecule has 0 spiro atoms. The molecule has 7 N–H and O–H groups in total. The van der Waals surface area contributed by atoms with Crippen LogP contribution in [0.2, 0.25) is 0 Å². The number of aromatic amines is 1. The van der Waals surface area contributed by atoms with Gasteiger partial charge >= 0.3 is 29.2 Å². The van der Waals surface area contributed by atoms with E-state index in [2.05, 4.69) is 13.1 Å². The van der Waals surface area contributed by atoms with Gasteiger partial charge in [-0.1, -0.05) is 5.92 Å². The fraction of sp³-hybridized carbons (Fsp3) is 0.538. The Balaban J connectivity index is 2.37. The van der Waals surface area contributed by atoms with Crippen molar-refractivity contribution in [3.05, 3.63) is 32.9 Å². The molecule has 0 aromatic carbocycles. The van der Waals surface area contributed by atoms with Gasteiger partial charge in [0.2, 0.25) is 5.82 Å². The Labute approximate surface area is 188 Å². The number of aliphatic hydroxyl groups excluding tert-OH is 1. The van der Waals surface area contributed by atoms with Crippen LogP contribution in [0.5, 0.6) is 0 Å². The molecule has 34 heavy (non-hydrogen) atoms. The number of nitrogens with one attached hydrogen (secondary N) is 1. The van der Waals surface area contributed by atoms with Gasteiger partial charge in [0.25, 0.3) is 5.56 Å². The first-order chi connectivity index (χ1) is 15.4. The molecule has 2 heterocycles. The predicted octanol–water partition coefficient (Wildman–Crippen LogP) is -1.72. The van der Waals surface area contributed by atoms with Gasteiger partial charge in [0.15, 0.2) is 11.8 Å². The third kappa shape index (κ3) is 6.36. The number of phosphoric acid groups is 3. The molecule has 0 saturated carbocycles. The first kappa shape index (κ1) is 28.7. The molecule has 21 heteroatoms. The van der Waals surface area contributed by atoms with Crippen molar-refractivity contribution >= 4 is 23.5 Å². The molecule has 1 aliphatic rings. The molecule has 1 saturated heterocycles. The third-order valence-corrected chi connectivity index (χ3v) is 8.33. The monoisotopic (exact) mass is 554 g/mol. The van der Waals surface area contributed by atoms with Gasteiger partial charge in [0, 0.05) is 0 Å². The first-order valence-electron chi connectivity index (χ1n) is 8.65. The molecule has 1 aromatic rings. The van der Waals surface area contributed by atoms with Crippen LogP contribution in [0.3, 0.4) is 0 Å². The minimum absolute atomic E-state index is 0.344. The maximum absolute atomic E-state index is 13.7. The van der Waals surface area contributed by atoms with Crippen molar-refractivity contribution < 1.29 is 65.8 Å². The maximum atomic E-state index is 13.7. The van der Waals surface area contributed by atoms with Gasteiger partial charge in [-0.05, 0) is 6.92 Å². The molecule has 0 bridgehead atoms. The van der Waals surface area contributed by atoms with E-state index in [-0.39, 0.29) is 0 Å². The summed E-state index contributed by atoms with van der Waals surface area (Å²) in [5, 5.41) is 20.6. The molecule has 0 aliphatic carbocycles. The highest BCUT2D eigenvalue weighted by atomic mass is 31.3. The Morgan fingerprint density at radius 2 is 1.85 bits per heavy atom. The van der Waals surface area contributed by atoms with Crippen molar-refractivity contribution in [2.45, 2.75) is 31.0 Å². The van der Waals surface area contributed by atoms with Crippen molar-refractivity contribution in [2.24, 2.45) is 5.92 Å². The minimum atomic E-state index is -5.85. The van der Waals surface area contributed by atoms with Crippen LogP contribution >= 0.6 is 23.5 Å². The van der Waals surface area contributed by atoms with E-state index in [9.17, 15) is 47.7 Å². The van der Waals surface area contributed by atoms with E-state index in [0.717, 1.165) is 6.92 Å². The van der Waals surface area contributed by atoms with Crippen LogP contribution in [0, 0.1) is 24.1 Å². The number of terminal acetylenes is 1. The molecule has 7 atom stereocenters. The Hall–Kier alpha value is -1.54. The summed E-state index contributed by atoms with van der Waals surface area (Å²) in [6.45, 7) is -0.0478. The van der Waals surface area contributed by atoms with Gasteiger partial charge in [-0.3, -0.25) is 18.9 Å². The summed E-state index contributed by atoms with van der Waals surface area (Å²) in [7, 11) is -17.2. The average molecular weight is 554 g/mol. The van der Waals surface area contributed by atoms with E-state index >= 15 is 0 Å². The SMILES string of the molecule is C#CC1(O)C(CO)[C@@H]([C@@H](C)OP(=O)(O)OP(=O)(O)OP(=O)(O)O)O[C@H]1n1cc(F)c(=O)[nH]c1=O. The number of aromatic nitrogens is 2. The molecule has 0 amide bonds. The van der Waals surface area contributed by atoms with Crippen molar-refractivity contribution in [3.63, 3.8) is 0 Å². The number of rotatable bonds is 9. The summed E-state index contributed by atoms with van der Waals surface area (Å²) in [6.07, 6.45) is 0.214. The van der Waals surface area contributed by atoms with E-state index < -0.39 is 77.1 Å². The van der Waals surface area contributed by atoms with Gasteiger partial charge in [-0.2, -0.15) is 13.0 Å². The van der Waals surface area contributed by atoms with Crippen molar-refractivity contribution in [1.29, 1.82) is 0 Å². The molecule has 1 fully saturated rings. The van der Waals surface area contributed by atoms with Gasteiger partial charge < -0.3 is 34.5 Å². The number of H-pyrrole nitrogens is 1. The number of aliphatic hydroxyl groups is 2. The molecule has 2 rings (SSSR count). The molecular weight excluding hydrogens is 536 g/mol. The minimum Gasteiger partial charge on any atom is -0.396 e. The smallest absolute Gasteiger partial charge is 0.396 e. The number of halogens is 1. The van der Waals surface area contributed by atoms with Gasteiger partial charge in [0.1, 0.15) is 0 Å². The highest BCUT2D eigenvalue weighted by Crippen LogP contribution is 2.66. The number of hydrogen-bond donors (Lipinski definition) is 7. The lowest BCUT2D eigenvalue weighted by molar-refractivity contribution is -0.0872. The highest BCUT2D eigenvalue weighted by Gasteiger charge is 2.58. The number of ether oxygens (including phenoxy) is 1. The van der Waals surface area contributed by atoms with E-state index in [4.69, 9.17) is 20.9 Å². The number of nitrogens with zero attached hydrogens (tertiary/aromatic N) is 1. The van der Waals surface area contributed by atoms with E-state index in [0.29, 0.717) is 10.8 Å². The average Bonchev–Trinajstić information content (AvgIpc) is 2.94. The maximum Gasteiger partial charge on any atom is 0.490 e. The largest absolute Gasteiger partial charge is 0.490 e. The van der Waals surface area contributed by atoms with Gasteiger partial charge in [-0.25, -0.2) is 18.5 Å². The lowest BCUT2D eigenvalue weighted by Crippen LogP contribution is -2.47. The highest BCUT2D eigenvalue weighted by molar-refractivity contribution is 7.66. The zero-order chi connectivity index (χ0) is 26.3. The van der Waals surface area contributed by atoms with E-state index in [1.807, 2.05) is 5.92 Å². The van der Waals surface area contributed by atoms with Gasteiger partial charge in [0.05, 0.1) is 30.9 Å². The quantitative estimate of drug-likeness (QED) is 0.132. The van der Waals surface area contributed by atoms with Crippen LogP contribution in [0.4, 0.5) is 4.39 Å². The van der Waals surface area contributed by atoms with Crippen molar-refractivity contribution in [1.82, 2.24) is 9.55 Å². The second-order valence-electron chi connectivity index (χ2n) is 6.76. The molecule has 192 valence electrons. The fourth-order valence-electron chi connectivity index (χ4n) is 3.12. The van der Waals surface area contributed by atoms with E-state index in [1.165, 1.54) is 0 Å². The summed E-state index contributed by atoms with van der Waals surface area (Å²) in [4.78, 5) is 61.0. The summed E-state index contributed by atoms with van der Waals surface area (Å²) in [6, 6.07) is 0. The lowest BCUT2D eigenvalue weighted by atomic mass is 9.84. The fourth-order valence-corrected chi connectivity index (χ4v) is 6.32. The summed E-state index contributed by atoms with van der Waals surface area (Å²) >= 11 is 0. The lowest BCUT2D eigenvalue weighted by Gasteiger charge is -2.29. The van der Waals surface area contributed by atoms with Crippen LogP contribution in [0.25, 0.3) is 0 Å². The molecule has 17 nitrogen and oxygen atoms in total. The van der Waals surface area contributed by atoms with Gasteiger partial charge in [-0.15, -0.1) is 6.42 Å². The zero-order valence-electron chi connectivity index (χ0n) is 16.7. The molecule has 1 aromatic heterocycles. The van der Waals surface area contributed by atoms with Crippen molar-refractivity contribution in [3.8, 4) is 12.3 Å². The third-order valence-electron chi connectivity index (χ3n) is 4.41. The van der Waals surface area contributed by atoms with Crippen molar-refractivity contribution in [2.75, 3.05) is 6.61 Å². The van der Waals surface area contributed by atoms with Crippen LogP contribution < -0.4 is 11.2 Å². The standard InChI is InChI=1S/C13H18FN2O15P3/c1-3-13(20)7(5-17)9(28-11(13)16-4-8(14)10(18)15-12(16)19)6(2)29-33(24,25)31-34(26,27)30-32(21,22)23/h1,4,6-7,9,11,17,20H,5H2,2H3,(H,24,25)(H,26,27)(H,15,18,19)(H2,21,22,23)/t6-,7?,9-,11-,13?/m1/s1. The zero-order valence-corrected chi connectivity index (χ0v) is 19.4. The van der Waals surface area contributed by atoms with Crippen LogP contribution in [0.15, 0.2) is 15.8 Å². The number of phosphoric ester groups is 1. The summed E-state index contributed by atoms with van der Waals surface area (Å²) < 4.78 is 65.4. The topological polar surface area (TPSA) is 264 Å². The Kier molecular flexibility index (Phi) is 8.31. The second kappa shape index (κ2) is 9.84. The predicted molar refractivity (Wildman–Crippen MR) is 104 cm³/mol. The first-order valence-corrected chi connectivity index (χ1v) is 13.2. The summed E-state index contributed by atoms with van der Waals surface area (Å²) in [5.74, 6) is -1.23. The molecule has 1 aliphatic heterocycles.